The minimum Gasteiger partial charge on any atom is -0.493 e. The average molecular weight is 978 g/mol. The van der Waals surface area contributed by atoms with Crippen LogP contribution in [0.2, 0.25) is 0 Å². The Kier molecular flexibility index (Phi) is 8.16. The van der Waals surface area contributed by atoms with Crippen molar-refractivity contribution in [1.82, 2.24) is 9.13 Å². The van der Waals surface area contributed by atoms with Gasteiger partial charge in [-0.05, 0) is 84.6 Å². The maximum atomic E-state index is 5.12. The number of anilines is 4. The van der Waals surface area contributed by atoms with Gasteiger partial charge in [0.15, 0.2) is 6.21 Å². The molecule has 3 aliphatic heterocycles. The van der Waals surface area contributed by atoms with E-state index < -0.39 is 0 Å². The predicted molar refractivity (Wildman–Crippen MR) is 251 cm³/mol. The summed E-state index contributed by atoms with van der Waals surface area (Å²) in [5.74, 6) is 0. The van der Waals surface area contributed by atoms with E-state index in [-0.39, 0.29) is 27.2 Å². The molecule has 62 heavy (non-hydrogen) atoms. The summed E-state index contributed by atoms with van der Waals surface area (Å²) in [6.45, 7) is 8.82. The van der Waals surface area contributed by atoms with Gasteiger partial charge < -0.3 is 18.9 Å². The number of hydrogen-bond acceptors (Lipinski definition) is 3. The third-order valence-corrected chi connectivity index (χ3v) is 12.9. The fourth-order valence-corrected chi connectivity index (χ4v) is 10.5. The number of fused-ring (bicyclic) bond motifs is 14. The second-order valence-electron chi connectivity index (χ2n) is 16.5. The molecule has 6 nitrogen and oxygen atoms in total. The quantitative estimate of drug-likeness (QED) is 0.130. The van der Waals surface area contributed by atoms with E-state index in [9.17, 15) is 0 Å². The predicted octanol–water partition coefficient (Wildman–Crippen LogP) is 13.3. The first-order valence-corrected chi connectivity index (χ1v) is 20.9. The Bertz CT molecular complexity index is 3550. The molecule has 5 heterocycles. The van der Waals surface area contributed by atoms with Crippen LogP contribution in [0.3, 0.4) is 0 Å². The smallest absolute Gasteiger partial charge is 0.256 e. The van der Waals surface area contributed by atoms with Crippen molar-refractivity contribution in [2.45, 2.75) is 26.9 Å². The largest absolute Gasteiger partial charge is 0.493 e. The molecule has 1 unspecified atom stereocenters. The normalized spacial score (nSPS) is 15.0. The summed E-state index contributed by atoms with van der Waals surface area (Å²) in [6.07, 6.45) is 3.79. The topological polar surface area (TPSA) is 31.7 Å². The van der Waals surface area contributed by atoms with Crippen LogP contribution in [-0.4, -0.2) is 26.1 Å². The molecule has 0 bridgehead atoms. The van der Waals surface area contributed by atoms with E-state index in [0.717, 1.165) is 72.5 Å². The molecular formula is C55H38N6Pt-2. The van der Waals surface area contributed by atoms with Gasteiger partial charge in [-0.25, -0.2) is 4.99 Å². The van der Waals surface area contributed by atoms with E-state index in [4.69, 9.17) is 4.99 Å². The van der Waals surface area contributed by atoms with Gasteiger partial charge in [-0.3, -0.25) is 0 Å². The van der Waals surface area contributed by atoms with Gasteiger partial charge in [0.05, 0.1) is 6.21 Å². The van der Waals surface area contributed by atoms with Gasteiger partial charge >= 0.3 is 0 Å². The Labute approximate surface area is 374 Å². The van der Waals surface area contributed by atoms with Gasteiger partial charge in [0.25, 0.3) is 6.17 Å². The number of aliphatic imine (C=N–C) groups is 1. The van der Waals surface area contributed by atoms with Crippen molar-refractivity contribution in [2.24, 2.45) is 4.99 Å². The minimum atomic E-state index is -0.252. The minimum absolute atomic E-state index is 0. The SMILES string of the molecule is Cc1cc(C)c(N2[CH-]N(c3[c-]c4c(cc3)c3ccccc3n4-c3[c-]c4c(c5c3c3ccccc3n5-c3ccccc3)-c3ccccc3[N+]3=CC=NC43)c3ccccc32)c(C)c1.[Pt]. The molecule has 2 aromatic heterocycles. The molecule has 13 rings (SSSR count). The molecule has 300 valence electrons. The van der Waals surface area contributed by atoms with Gasteiger partial charge in [-0.1, -0.05) is 130 Å². The molecule has 3 aliphatic rings. The van der Waals surface area contributed by atoms with E-state index in [0.29, 0.717) is 0 Å². The molecule has 8 aromatic carbocycles. The Morgan fingerprint density at radius 3 is 2.08 bits per heavy atom. The Hall–Kier alpha value is -7.01. The molecule has 0 spiro atoms. The molecule has 1 atom stereocenters. The molecule has 7 heteroatoms. The van der Waals surface area contributed by atoms with Crippen LogP contribution in [0.1, 0.15) is 28.4 Å². The molecule has 0 saturated heterocycles. The first-order valence-electron chi connectivity index (χ1n) is 20.9. The number of aromatic nitrogens is 2. The number of nitrogens with zero attached hydrogens (tertiary/aromatic N) is 6. The summed E-state index contributed by atoms with van der Waals surface area (Å²) in [4.78, 5) is 9.75. The van der Waals surface area contributed by atoms with Crippen molar-refractivity contribution in [1.29, 1.82) is 0 Å². The van der Waals surface area contributed by atoms with Gasteiger partial charge in [0.1, 0.15) is 0 Å². The zero-order valence-corrected chi connectivity index (χ0v) is 36.5. The molecule has 0 fully saturated rings. The van der Waals surface area contributed by atoms with E-state index in [1.165, 1.54) is 44.3 Å². The van der Waals surface area contributed by atoms with Crippen LogP contribution in [0.5, 0.6) is 0 Å². The molecule has 0 amide bonds. The van der Waals surface area contributed by atoms with Crippen LogP contribution < -0.4 is 9.80 Å². The summed E-state index contributed by atoms with van der Waals surface area (Å²) in [6, 6.07) is 63.0. The van der Waals surface area contributed by atoms with Crippen LogP contribution in [0.4, 0.5) is 28.4 Å². The molecule has 0 N–H and O–H groups in total. The van der Waals surface area contributed by atoms with Crippen molar-refractivity contribution in [3.63, 3.8) is 0 Å². The molecule has 10 aromatic rings. The summed E-state index contributed by atoms with van der Waals surface area (Å²) in [5.41, 5.74) is 19.2. The third kappa shape index (κ3) is 5.07. The Morgan fingerprint density at radius 2 is 1.29 bits per heavy atom. The summed E-state index contributed by atoms with van der Waals surface area (Å²) >= 11 is 0. The first kappa shape index (κ1) is 36.8. The number of rotatable bonds is 4. The summed E-state index contributed by atoms with van der Waals surface area (Å²) in [7, 11) is 0. The Balaban J connectivity index is 0.00000410. The molecule has 0 saturated carbocycles. The summed E-state index contributed by atoms with van der Waals surface area (Å²) < 4.78 is 7.16. The van der Waals surface area contributed by atoms with Gasteiger partial charge in [-0.15, -0.1) is 35.9 Å². The Morgan fingerprint density at radius 1 is 0.629 bits per heavy atom. The number of aryl methyl sites for hydroxylation is 3. The fraction of sp³-hybridized carbons (Fsp3) is 0.0727. The second-order valence-corrected chi connectivity index (χ2v) is 16.5. The van der Waals surface area contributed by atoms with Crippen molar-refractivity contribution < 1.29 is 25.6 Å². The maximum absolute atomic E-state index is 5.12. The van der Waals surface area contributed by atoms with Gasteiger partial charge in [-0.2, -0.15) is 10.6 Å². The average Bonchev–Trinajstić information content (AvgIpc) is 4.08. The van der Waals surface area contributed by atoms with Crippen LogP contribution in [0.15, 0.2) is 157 Å². The fourth-order valence-electron chi connectivity index (χ4n) is 10.5. The first-order chi connectivity index (χ1) is 30.0. The van der Waals surface area contributed by atoms with Crippen LogP contribution in [-0.2, 0) is 21.1 Å². The van der Waals surface area contributed by atoms with Crippen molar-refractivity contribution in [3.05, 3.63) is 193 Å². The van der Waals surface area contributed by atoms with Crippen LogP contribution in [0.25, 0.3) is 66.1 Å². The van der Waals surface area contributed by atoms with Crippen molar-refractivity contribution in [3.8, 4) is 22.5 Å². The van der Waals surface area contributed by atoms with E-state index in [2.05, 4.69) is 221 Å². The second kappa shape index (κ2) is 13.8. The van der Waals surface area contributed by atoms with Gasteiger partial charge in [0.2, 0.25) is 5.69 Å². The summed E-state index contributed by atoms with van der Waals surface area (Å²) in [5, 5.41) is 4.62. The van der Waals surface area contributed by atoms with Crippen LogP contribution in [0, 0.1) is 39.6 Å². The number of hydrogen-bond donors (Lipinski definition) is 0. The van der Waals surface area contributed by atoms with Crippen LogP contribution >= 0.6 is 0 Å². The number of benzene rings is 8. The van der Waals surface area contributed by atoms with E-state index in [1.54, 1.807) is 0 Å². The molecular weight excluding hydrogens is 940 g/mol. The molecule has 0 radical (unpaired) electrons. The van der Waals surface area contributed by atoms with Gasteiger partial charge in [0, 0.05) is 66.5 Å². The standard InChI is InChI=1S/C55H38N6.Pt/c1-34-29-35(2)53(36(3)30-34)59-33-58(47-23-13-14-24-48(47)59)38-25-26-40-39-17-7-11-21-45(39)61(49(40)31-38)50-32-43-51(41-18-8-10-20-44(41)57-28-27-56-55(43)57)54-52(50)42-19-9-12-22-46(42)60(54)37-15-5-4-6-16-37;/h4-30,33,55H,1-3H3;/q-2;. The number of para-hydroxylation sites is 6. The monoisotopic (exact) mass is 977 g/mol. The van der Waals surface area contributed by atoms with Crippen molar-refractivity contribution >= 4 is 84.5 Å². The molecule has 0 aliphatic carbocycles. The zero-order chi connectivity index (χ0) is 40.5. The van der Waals surface area contributed by atoms with Crippen molar-refractivity contribution in [2.75, 3.05) is 9.80 Å². The zero-order valence-electron chi connectivity index (χ0n) is 34.2. The maximum Gasteiger partial charge on any atom is 0.256 e. The van der Waals surface area contributed by atoms with E-state index >= 15 is 0 Å². The van der Waals surface area contributed by atoms with E-state index in [1.807, 2.05) is 6.21 Å². The third-order valence-electron chi connectivity index (χ3n) is 12.9.